The molecule has 9 atom stereocenters. The molecule has 1 heteroatoms. The predicted molar refractivity (Wildman–Crippen MR) is 128 cm³/mol. The van der Waals surface area contributed by atoms with Crippen LogP contribution in [0, 0.1) is 52.3 Å². The lowest BCUT2D eigenvalue weighted by molar-refractivity contribution is -0.0540. The Kier molecular flexibility index (Phi) is 6.35. The van der Waals surface area contributed by atoms with Crippen molar-refractivity contribution in [3.8, 4) is 0 Å². The molecule has 0 aliphatic heterocycles. The molecule has 0 radical (unpaired) electrons. The van der Waals surface area contributed by atoms with Crippen molar-refractivity contribution >= 4 is 0 Å². The summed E-state index contributed by atoms with van der Waals surface area (Å²) < 4.78 is 0. The summed E-state index contributed by atoms with van der Waals surface area (Å²) in [5, 5.41) is 10.2. The number of aliphatic hydroxyl groups excluding tert-OH is 1. The third-order valence-corrected chi connectivity index (χ3v) is 10.8. The summed E-state index contributed by atoms with van der Waals surface area (Å²) in [6, 6.07) is 0. The molecule has 0 bridgehead atoms. The van der Waals surface area contributed by atoms with Crippen LogP contribution in [0.2, 0.25) is 0 Å². The SMILES string of the molecule is CCC(/C=C\C(C)[C@H]1CC[C@H]2[C@@H]3CC=C4C[C@@H](O)CC[C@]4(C)C3CC[C@]12C)C(C)C. The Morgan fingerprint density at radius 1 is 1.03 bits per heavy atom. The van der Waals surface area contributed by atoms with Crippen LogP contribution in [-0.4, -0.2) is 11.2 Å². The minimum absolute atomic E-state index is 0.0870. The van der Waals surface area contributed by atoms with E-state index in [2.05, 4.69) is 59.8 Å². The highest BCUT2D eigenvalue weighted by Gasteiger charge is 2.58. The van der Waals surface area contributed by atoms with Gasteiger partial charge in [-0.3, -0.25) is 0 Å². The van der Waals surface area contributed by atoms with Gasteiger partial charge in [0, 0.05) is 0 Å². The smallest absolute Gasteiger partial charge is 0.0577 e. The molecule has 0 aromatic rings. The van der Waals surface area contributed by atoms with Gasteiger partial charge in [0.2, 0.25) is 0 Å². The summed E-state index contributed by atoms with van der Waals surface area (Å²) in [5.41, 5.74) is 2.51. The fourth-order valence-electron chi connectivity index (χ4n) is 8.83. The third kappa shape index (κ3) is 3.66. The highest BCUT2D eigenvalue weighted by Crippen LogP contribution is 2.67. The highest BCUT2D eigenvalue weighted by atomic mass is 16.3. The lowest BCUT2D eigenvalue weighted by Gasteiger charge is -2.58. The van der Waals surface area contributed by atoms with E-state index >= 15 is 0 Å². The number of fused-ring (bicyclic) bond motifs is 5. The van der Waals surface area contributed by atoms with E-state index < -0.39 is 0 Å². The summed E-state index contributed by atoms with van der Waals surface area (Å²) in [7, 11) is 0. The van der Waals surface area contributed by atoms with Gasteiger partial charge >= 0.3 is 0 Å². The Balaban J connectivity index is 1.52. The standard InChI is InChI=1S/C29H48O/c1-7-21(19(2)3)9-8-20(4)25-12-13-26-24-11-10-22-18-23(30)14-16-28(22,5)27(24)15-17-29(25,26)6/h8-10,19-21,23-27,30H,7,11-18H2,1-6H3/b9-8-/t20?,21?,23-,24-,25+,26-,27?,28-,29+/m0/s1. The van der Waals surface area contributed by atoms with Crippen molar-refractivity contribution < 1.29 is 5.11 Å². The second kappa shape index (κ2) is 8.42. The quantitative estimate of drug-likeness (QED) is 0.457. The molecule has 0 aromatic heterocycles. The summed E-state index contributed by atoms with van der Waals surface area (Å²) in [6.45, 7) is 14.8. The molecule has 0 aromatic carbocycles. The topological polar surface area (TPSA) is 20.2 Å². The van der Waals surface area contributed by atoms with Crippen molar-refractivity contribution in [1.29, 1.82) is 0 Å². The number of hydrogen-bond donors (Lipinski definition) is 1. The summed E-state index contributed by atoms with van der Waals surface area (Å²) in [5.74, 6) is 5.70. The summed E-state index contributed by atoms with van der Waals surface area (Å²) in [6.07, 6.45) is 19.1. The molecule has 4 aliphatic rings. The van der Waals surface area contributed by atoms with Crippen LogP contribution >= 0.6 is 0 Å². The van der Waals surface area contributed by atoms with Crippen molar-refractivity contribution in [2.45, 2.75) is 105 Å². The Bertz CT molecular complexity index is 674. The molecule has 0 heterocycles. The van der Waals surface area contributed by atoms with Gasteiger partial charge in [-0.05, 0) is 110 Å². The zero-order valence-corrected chi connectivity index (χ0v) is 20.7. The lowest BCUT2D eigenvalue weighted by atomic mass is 9.47. The molecule has 1 nitrogen and oxygen atoms in total. The van der Waals surface area contributed by atoms with Crippen LogP contribution in [-0.2, 0) is 0 Å². The third-order valence-electron chi connectivity index (χ3n) is 10.8. The molecule has 0 spiro atoms. The van der Waals surface area contributed by atoms with Gasteiger partial charge < -0.3 is 5.11 Å². The first-order chi connectivity index (χ1) is 14.2. The molecule has 0 saturated heterocycles. The Labute approximate surface area is 186 Å². The second-order valence-corrected chi connectivity index (χ2v) is 12.4. The minimum atomic E-state index is -0.0870. The van der Waals surface area contributed by atoms with Crippen LogP contribution < -0.4 is 0 Å². The molecule has 4 rings (SSSR count). The van der Waals surface area contributed by atoms with Crippen LogP contribution in [0.3, 0.4) is 0 Å². The maximum Gasteiger partial charge on any atom is 0.0577 e. The van der Waals surface area contributed by atoms with Crippen molar-refractivity contribution in [3.05, 3.63) is 23.8 Å². The highest BCUT2D eigenvalue weighted by molar-refractivity contribution is 5.25. The zero-order valence-electron chi connectivity index (χ0n) is 20.7. The number of aliphatic hydroxyl groups is 1. The fraction of sp³-hybridized carbons (Fsp3) is 0.862. The van der Waals surface area contributed by atoms with E-state index in [0.29, 0.717) is 16.7 Å². The molecule has 3 unspecified atom stereocenters. The van der Waals surface area contributed by atoms with Crippen LogP contribution in [0.25, 0.3) is 0 Å². The van der Waals surface area contributed by atoms with E-state index in [1.807, 2.05) is 0 Å². The van der Waals surface area contributed by atoms with E-state index in [-0.39, 0.29) is 6.10 Å². The molecule has 1 N–H and O–H groups in total. The van der Waals surface area contributed by atoms with E-state index in [1.165, 1.54) is 44.9 Å². The van der Waals surface area contributed by atoms with Crippen LogP contribution in [0.4, 0.5) is 0 Å². The van der Waals surface area contributed by atoms with Gasteiger partial charge in [0.15, 0.2) is 0 Å². The molecule has 30 heavy (non-hydrogen) atoms. The zero-order chi connectivity index (χ0) is 21.7. The molecular weight excluding hydrogens is 364 g/mol. The Morgan fingerprint density at radius 3 is 2.50 bits per heavy atom. The second-order valence-electron chi connectivity index (χ2n) is 12.4. The number of rotatable bonds is 5. The van der Waals surface area contributed by atoms with Gasteiger partial charge in [-0.25, -0.2) is 0 Å². The summed E-state index contributed by atoms with van der Waals surface area (Å²) in [4.78, 5) is 0. The largest absolute Gasteiger partial charge is 0.393 e. The monoisotopic (exact) mass is 412 g/mol. The van der Waals surface area contributed by atoms with Crippen molar-refractivity contribution in [2.75, 3.05) is 0 Å². The Morgan fingerprint density at radius 2 is 1.80 bits per heavy atom. The molecule has 3 fully saturated rings. The van der Waals surface area contributed by atoms with Crippen molar-refractivity contribution in [2.24, 2.45) is 52.3 Å². The van der Waals surface area contributed by atoms with Gasteiger partial charge in [0.05, 0.1) is 6.10 Å². The average molecular weight is 413 g/mol. The van der Waals surface area contributed by atoms with Gasteiger partial charge in [-0.15, -0.1) is 0 Å². The molecule has 170 valence electrons. The molecule has 0 amide bonds. The normalized spacial score (nSPS) is 45.6. The first-order valence-electron chi connectivity index (χ1n) is 13.3. The first kappa shape index (κ1) is 22.6. The lowest BCUT2D eigenvalue weighted by Crippen LogP contribution is -2.50. The van der Waals surface area contributed by atoms with Crippen LogP contribution in [0.5, 0.6) is 0 Å². The molecular formula is C29H48O. The van der Waals surface area contributed by atoms with Crippen LogP contribution in [0.15, 0.2) is 23.8 Å². The van der Waals surface area contributed by atoms with E-state index in [1.54, 1.807) is 5.57 Å². The van der Waals surface area contributed by atoms with Gasteiger partial charge in [0.1, 0.15) is 0 Å². The summed E-state index contributed by atoms with van der Waals surface area (Å²) >= 11 is 0. The minimum Gasteiger partial charge on any atom is -0.393 e. The van der Waals surface area contributed by atoms with Crippen molar-refractivity contribution in [1.82, 2.24) is 0 Å². The maximum atomic E-state index is 10.2. The molecule has 4 aliphatic carbocycles. The van der Waals surface area contributed by atoms with E-state index in [0.717, 1.165) is 48.3 Å². The van der Waals surface area contributed by atoms with E-state index in [4.69, 9.17) is 0 Å². The van der Waals surface area contributed by atoms with Gasteiger partial charge in [-0.2, -0.15) is 0 Å². The predicted octanol–water partition coefficient (Wildman–Crippen LogP) is 7.80. The maximum absolute atomic E-state index is 10.2. The Hall–Kier alpha value is -0.560. The average Bonchev–Trinajstić information content (AvgIpc) is 3.06. The van der Waals surface area contributed by atoms with Crippen molar-refractivity contribution in [3.63, 3.8) is 0 Å². The van der Waals surface area contributed by atoms with E-state index in [9.17, 15) is 5.11 Å². The van der Waals surface area contributed by atoms with Gasteiger partial charge in [-0.1, -0.05) is 65.3 Å². The van der Waals surface area contributed by atoms with Crippen LogP contribution in [0.1, 0.15) is 99.3 Å². The fourth-order valence-corrected chi connectivity index (χ4v) is 8.83. The van der Waals surface area contributed by atoms with Gasteiger partial charge in [0.25, 0.3) is 0 Å². The molecule has 3 saturated carbocycles. The number of hydrogen-bond acceptors (Lipinski definition) is 1. The first-order valence-corrected chi connectivity index (χ1v) is 13.3. The number of allylic oxidation sites excluding steroid dienone is 3.